The lowest BCUT2D eigenvalue weighted by molar-refractivity contribution is 1.29. The van der Waals surface area contributed by atoms with E-state index >= 15 is 0 Å². The van der Waals surface area contributed by atoms with E-state index < -0.39 is 0 Å². The predicted octanol–water partition coefficient (Wildman–Crippen LogP) is 2.83. The second-order valence-electron chi connectivity index (χ2n) is 3.45. The smallest absolute Gasteiger partial charge is 0.133 e. The first-order chi connectivity index (χ1) is 7.86. The maximum absolute atomic E-state index is 4.31. The summed E-state index contributed by atoms with van der Waals surface area (Å²) >= 11 is 0. The molecule has 0 aliphatic heterocycles. The van der Waals surface area contributed by atoms with Gasteiger partial charge in [-0.25, -0.2) is 4.98 Å². The average molecular weight is 213 g/mol. The van der Waals surface area contributed by atoms with E-state index in [4.69, 9.17) is 0 Å². The van der Waals surface area contributed by atoms with Gasteiger partial charge in [0, 0.05) is 37.1 Å². The Bertz CT molecular complexity index is 435. The highest BCUT2D eigenvalue weighted by Gasteiger charge is 2.07. The van der Waals surface area contributed by atoms with Gasteiger partial charge >= 0.3 is 0 Å². The molecule has 2 aromatic rings. The minimum atomic E-state index is 0.894. The average Bonchev–Trinajstić information content (AvgIpc) is 2.38. The van der Waals surface area contributed by atoms with Gasteiger partial charge in [0.05, 0.1) is 0 Å². The number of pyridine rings is 1. The molecule has 0 bridgehead atoms. The van der Waals surface area contributed by atoms with E-state index in [9.17, 15) is 0 Å². The second-order valence-corrected chi connectivity index (χ2v) is 3.45. The third-order valence-electron chi connectivity index (χ3n) is 2.53. The van der Waals surface area contributed by atoms with Crippen molar-refractivity contribution in [3.8, 4) is 11.1 Å². The molecule has 0 atom stereocenters. The quantitative estimate of drug-likeness (QED) is 0.823. The van der Waals surface area contributed by atoms with Gasteiger partial charge in [-0.1, -0.05) is 18.2 Å². The summed E-state index contributed by atoms with van der Waals surface area (Å²) in [6, 6.07) is 12.2. The number of benzene rings is 1. The normalized spacial score (nSPS) is 9.88. The number of nitrogens with zero attached hydrogens (tertiary/aromatic N) is 1. The summed E-state index contributed by atoms with van der Waals surface area (Å²) in [4.78, 5) is 4.31. The zero-order valence-electron chi connectivity index (χ0n) is 9.49. The summed E-state index contributed by atoms with van der Waals surface area (Å²) in [6.45, 7) is 0. The van der Waals surface area contributed by atoms with Crippen molar-refractivity contribution in [1.29, 1.82) is 0 Å². The molecular weight excluding hydrogens is 198 g/mol. The Hall–Kier alpha value is -2.03. The second kappa shape index (κ2) is 4.66. The highest BCUT2D eigenvalue weighted by atomic mass is 15.0. The number of rotatable bonds is 3. The summed E-state index contributed by atoms with van der Waals surface area (Å²) in [7, 11) is 3.81. The number of hydrogen-bond acceptors (Lipinski definition) is 3. The van der Waals surface area contributed by atoms with Crippen molar-refractivity contribution >= 4 is 11.5 Å². The van der Waals surface area contributed by atoms with Crippen LogP contribution in [0.5, 0.6) is 0 Å². The summed E-state index contributed by atoms with van der Waals surface area (Å²) in [6.07, 6.45) is 1.79. The van der Waals surface area contributed by atoms with E-state index in [1.807, 2.05) is 32.3 Å². The molecule has 1 heterocycles. The third kappa shape index (κ3) is 1.84. The lowest BCUT2D eigenvalue weighted by Crippen LogP contribution is -1.97. The molecule has 0 unspecified atom stereocenters. The Kier molecular flexibility index (Phi) is 3.05. The van der Waals surface area contributed by atoms with Crippen molar-refractivity contribution in [1.82, 2.24) is 4.98 Å². The summed E-state index contributed by atoms with van der Waals surface area (Å²) in [5.74, 6) is 0.894. The molecule has 0 aliphatic carbocycles. The van der Waals surface area contributed by atoms with Crippen LogP contribution in [0.3, 0.4) is 0 Å². The summed E-state index contributed by atoms with van der Waals surface area (Å²) < 4.78 is 0. The molecule has 0 saturated heterocycles. The number of aromatic nitrogens is 1. The van der Waals surface area contributed by atoms with Crippen molar-refractivity contribution in [2.24, 2.45) is 0 Å². The Balaban J connectivity index is 2.58. The van der Waals surface area contributed by atoms with Crippen LogP contribution in [0.1, 0.15) is 0 Å². The van der Waals surface area contributed by atoms with Crippen LogP contribution < -0.4 is 10.6 Å². The summed E-state index contributed by atoms with van der Waals surface area (Å²) in [5.41, 5.74) is 3.37. The molecule has 2 rings (SSSR count). The SMILES string of the molecule is CNc1ccccc1-c1cccnc1NC. The molecule has 0 radical (unpaired) electrons. The van der Waals surface area contributed by atoms with Gasteiger partial charge in [-0.3, -0.25) is 0 Å². The van der Waals surface area contributed by atoms with E-state index in [0.717, 1.165) is 22.6 Å². The molecular formula is C13H15N3. The fraction of sp³-hybridized carbons (Fsp3) is 0.154. The first-order valence-electron chi connectivity index (χ1n) is 5.26. The van der Waals surface area contributed by atoms with Crippen molar-refractivity contribution in [3.63, 3.8) is 0 Å². The van der Waals surface area contributed by atoms with Gasteiger partial charge in [-0.2, -0.15) is 0 Å². The minimum absolute atomic E-state index is 0.894. The standard InChI is InChI=1S/C13H15N3/c1-14-12-8-4-3-6-10(12)11-7-5-9-16-13(11)15-2/h3-9,14H,1-2H3,(H,15,16). The third-order valence-corrected chi connectivity index (χ3v) is 2.53. The Morgan fingerprint density at radius 2 is 1.62 bits per heavy atom. The lowest BCUT2D eigenvalue weighted by atomic mass is 10.0. The molecule has 0 saturated carbocycles. The van der Waals surface area contributed by atoms with Crippen molar-refractivity contribution in [2.45, 2.75) is 0 Å². The van der Waals surface area contributed by atoms with Gasteiger partial charge in [0.15, 0.2) is 0 Å². The van der Waals surface area contributed by atoms with E-state index in [0.29, 0.717) is 0 Å². The van der Waals surface area contributed by atoms with Gasteiger partial charge < -0.3 is 10.6 Å². The Morgan fingerprint density at radius 1 is 0.875 bits per heavy atom. The summed E-state index contributed by atoms with van der Waals surface area (Å²) in [5, 5.41) is 6.30. The fourth-order valence-electron chi connectivity index (χ4n) is 1.76. The largest absolute Gasteiger partial charge is 0.388 e. The molecule has 0 fully saturated rings. The first-order valence-corrected chi connectivity index (χ1v) is 5.26. The van der Waals surface area contributed by atoms with Crippen LogP contribution in [0.25, 0.3) is 11.1 Å². The monoisotopic (exact) mass is 213 g/mol. The van der Waals surface area contributed by atoms with Crippen molar-refractivity contribution < 1.29 is 0 Å². The predicted molar refractivity (Wildman–Crippen MR) is 68.8 cm³/mol. The van der Waals surface area contributed by atoms with E-state index in [1.165, 1.54) is 0 Å². The van der Waals surface area contributed by atoms with Gasteiger partial charge in [-0.15, -0.1) is 0 Å². The molecule has 3 heteroatoms. The number of hydrogen-bond donors (Lipinski definition) is 2. The molecule has 0 aliphatic rings. The number of nitrogens with one attached hydrogen (secondary N) is 2. The number of para-hydroxylation sites is 1. The molecule has 1 aromatic heterocycles. The van der Waals surface area contributed by atoms with Gasteiger partial charge in [0.1, 0.15) is 5.82 Å². The van der Waals surface area contributed by atoms with E-state index in [2.05, 4.69) is 33.8 Å². The van der Waals surface area contributed by atoms with E-state index in [-0.39, 0.29) is 0 Å². The van der Waals surface area contributed by atoms with Crippen LogP contribution in [-0.4, -0.2) is 19.1 Å². The molecule has 3 nitrogen and oxygen atoms in total. The zero-order valence-corrected chi connectivity index (χ0v) is 9.49. The molecule has 16 heavy (non-hydrogen) atoms. The van der Waals surface area contributed by atoms with Crippen LogP contribution in [0.2, 0.25) is 0 Å². The highest BCUT2D eigenvalue weighted by Crippen LogP contribution is 2.31. The topological polar surface area (TPSA) is 37.0 Å². The minimum Gasteiger partial charge on any atom is -0.388 e. The Labute approximate surface area is 95.5 Å². The van der Waals surface area contributed by atoms with Crippen LogP contribution in [0.15, 0.2) is 42.6 Å². The van der Waals surface area contributed by atoms with Crippen molar-refractivity contribution in [3.05, 3.63) is 42.6 Å². The molecule has 2 N–H and O–H groups in total. The maximum atomic E-state index is 4.31. The molecule has 0 amide bonds. The highest BCUT2D eigenvalue weighted by molar-refractivity contribution is 5.84. The number of anilines is 2. The van der Waals surface area contributed by atoms with Gasteiger partial charge in [0.2, 0.25) is 0 Å². The molecule has 82 valence electrons. The van der Waals surface area contributed by atoms with Gasteiger partial charge in [-0.05, 0) is 18.2 Å². The maximum Gasteiger partial charge on any atom is 0.133 e. The van der Waals surface area contributed by atoms with Crippen molar-refractivity contribution in [2.75, 3.05) is 24.7 Å². The van der Waals surface area contributed by atoms with E-state index in [1.54, 1.807) is 6.20 Å². The first kappa shape index (κ1) is 10.5. The fourth-order valence-corrected chi connectivity index (χ4v) is 1.76. The molecule has 0 spiro atoms. The lowest BCUT2D eigenvalue weighted by Gasteiger charge is -2.12. The van der Waals surface area contributed by atoms with Crippen LogP contribution >= 0.6 is 0 Å². The zero-order chi connectivity index (χ0) is 11.4. The van der Waals surface area contributed by atoms with Crippen LogP contribution in [0.4, 0.5) is 11.5 Å². The Morgan fingerprint density at radius 3 is 2.38 bits per heavy atom. The van der Waals surface area contributed by atoms with Gasteiger partial charge in [0.25, 0.3) is 0 Å². The van der Waals surface area contributed by atoms with Crippen LogP contribution in [-0.2, 0) is 0 Å². The molecule has 1 aromatic carbocycles. The van der Waals surface area contributed by atoms with Crippen LogP contribution in [0, 0.1) is 0 Å².